The van der Waals surface area contributed by atoms with Crippen molar-refractivity contribution in [3.63, 3.8) is 0 Å². The van der Waals surface area contributed by atoms with E-state index in [1.165, 1.54) is 6.07 Å². The highest BCUT2D eigenvalue weighted by Gasteiger charge is 2.12. The molecule has 3 heteroatoms. The fourth-order valence-corrected chi connectivity index (χ4v) is 1.30. The van der Waals surface area contributed by atoms with Crippen LogP contribution in [0.4, 0.5) is 4.39 Å². The fourth-order valence-electron chi connectivity index (χ4n) is 1.30. The van der Waals surface area contributed by atoms with Gasteiger partial charge in [-0.3, -0.25) is 0 Å². The van der Waals surface area contributed by atoms with Crippen LogP contribution in [0.25, 0.3) is 0 Å². The molecular formula is C11H16FNO. The van der Waals surface area contributed by atoms with E-state index in [9.17, 15) is 4.39 Å². The highest BCUT2D eigenvalue weighted by atomic mass is 19.1. The first-order valence-electron chi connectivity index (χ1n) is 4.72. The molecule has 0 bridgehead atoms. The molecule has 0 spiro atoms. The highest BCUT2D eigenvalue weighted by Crippen LogP contribution is 2.21. The number of aliphatic hydroxyl groups excluding tert-OH is 1. The van der Waals surface area contributed by atoms with Gasteiger partial charge in [0.1, 0.15) is 5.82 Å². The first-order chi connectivity index (χ1) is 6.56. The zero-order valence-corrected chi connectivity index (χ0v) is 8.50. The third kappa shape index (κ3) is 2.30. The topological polar surface area (TPSA) is 46.2 Å². The summed E-state index contributed by atoms with van der Waals surface area (Å²) in [5.41, 5.74) is 6.99. The van der Waals surface area contributed by atoms with Crippen LogP contribution < -0.4 is 5.73 Å². The van der Waals surface area contributed by atoms with Crippen LogP contribution >= 0.6 is 0 Å². The van der Waals surface area contributed by atoms with Crippen molar-refractivity contribution in [1.82, 2.24) is 0 Å². The average Bonchev–Trinajstić information content (AvgIpc) is 2.17. The van der Waals surface area contributed by atoms with Crippen LogP contribution in [0.3, 0.4) is 0 Å². The minimum atomic E-state index is -0.631. The molecule has 2 nitrogen and oxygen atoms in total. The molecule has 1 atom stereocenters. The van der Waals surface area contributed by atoms with Crippen LogP contribution in [0.5, 0.6) is 0 Å². The molecule has 0 aliphatic heterocycles. The van der Waals surface area contributed by atoms with Crippen LogP contribution in [-0.2, 0) is 0 Å². The number of rotatable bonds is 3. The molecule has 78 valence electrons. The third-order valence-corrected chi connectivity index (χ3v) is 2.28. The molecule has 0 radical (unpaired) electrons. The Labute approximate surface area is 83.6 Å². The quantitative estimate of drug-likeness (QED) is 0.777. The summed E-state index contributed by atoms with van der Waals surface area (Å²) in [5.74, 6) is -0.0174. The maximum Gasteiger partial charge on any atom is 0.128 e. The molecule has 0 aliphatic rings. The largest absolute Gasteiger partial charge is 0.394 e. The monoisotopic (exact) mass is 197 g/mol. The summed E-state index contributed by atoms with van der Waals surface area (Å²) >= 11 is 0. The number of halogens is 1. The van der Waals surface area contributed by atoms with E-state index in [-0.39, 0.29) is 12.4 Å². The van der Waals surface area contributed by atoms with Crippen molar-refractivity contribution >= 4 is 0 Å². The predicted molar refractivity (Wildman–Crippen MR) is 54.5 cm³/mol. The fraction of sp³-hybridized carbons (Fsp3) is 0.455. The molecule has 3 N–H and O–H groups in total. The summed E-state index contributed by atoms with van der Waals surface area (Å²) in [6.07, 6.45) is 0. The van der Waals surface area contributed by atoms with Crippen molar-refractivity contribution in [2.75, 3.05) is 6.61 Å². The van der Waals surface area contributed by atoms with E-state index >= 15 is 0 Å². The van der Waals surface area contributed by atoms with E-state index < -0.39 is 6.04 Å². The van der Waals surface area contributed by atoms with Gasteiger partial charge in [-0.15, -0.1) is 0 Å². The first kappa shape index (κ1) is 11.1. The van der Waals surface area contributed by atoms with Gasteiger partial charge in [0.05, 0.1) is 12.6 Å². The van der Waals surface area contributed by atoms with Gasteiger partial charge < -0.3 is 10.8 Å². The summed E-state index contributed by atoms with van der Waals surface area (Å²) in [5, 5.41) is 8.85. The van der Waals surface area contributed by atoms with Gasteiger partial charge >= 0.3 is 0 Å². The number of benzene rings is 1. The van der Waals surface area contributed by atoms with Crippen LogP contribution in [0.1, 0.15) is 36.9 Å². The minimum absolute atomic E-state index is 0.238. The molecule has 0 fully saturated rings. The van der Waals surface area contributed by atoms with Crippen LogP contribution in [0.15, 0.2) is 18.2 Å². The van der Waals surface area contributed by atoms with Crippen molar-refractivity contribution in [3.8, 4) is 0 Å². The molecular weight excluding hydrogens is 181 g/mol. The molecule has 0 saturated heterocycles. The minimum Gasteiger partial charge on any atom is -0.394 e. The lowest BCUT2D eigenvalue weighted by atomic mass is 9.98. The third-order valence-electron chi connectivity index (χ3n) is 2.28. The lowest BCUT2D eigenvalue weighted by molar-refractivity contribution is 0.265. The standard InChI is InChI=1S/C11H16FNO/c1-7(2)8-3-4-10(12)9(5-8)11(13)6-14/h3-5,7,11,14H,6,13H2,1-2H3. The van der Waals surface area contributed by atoms with E-state index in [0.717, 1.165) is 5.56 Å². The average molecular weight is 197 g/mol. The van der Waals surface area contributed by atoms with E-state index in [0.29, 0.717) is 11.5 Å². The summed E-state index contributed by atoms with van der Waals surface area (Å²) in [6.45, 7) is 3.82. The van der Waals surface area contributed by atoms with E-state index in [1.807, 2.05) is 13.8 Å². The second kappa shape index (κ2) is 4.53. The second-order valence-electron chi connectivity index (χ2n) is 3.72. The molecule has 0 amide bonds. The van der Waals surface area contributed by atoms with Crippen LogP contribution in [0.2, 0.25) is 0 Å². The van der Waals surface area contributed by atoms with Gasteiger partial charge in [0.25, 0.3) is 0 Å². The number of nitrogens with two attached hydrogens (primary N) is 1. The summed E-state index contributed by atoms with van der Waals surface area (Å²) < 4.78 is 13.3. The SMILES string of the molecule is CC(C)c1ccc(F)c(C(N)CO)c1. The highest BCUT2D eigenvalue weighted by molar-refractivity contribution is 5.29. The Balaban J connectivity index is 3.08. The molecule has 0 heterocycles. The lowest BCUT2D eigenvalue weighted by Gasteiger charge is -2.13. The molecule has 0 aromatic heterocycles. The molecule has 1 unspecified atom stereocenters. The Morgan fingerprint density at radius 1 is 1.43 bits per heavy atom. The van der Waals surface area contributed by atoms with E-state index in [1.54, 1.807) is 12.1 Å². The zero-order valence-electron chi connectivity index (χ0n) is 8.50. The molecule has 1 aromatic rings. The Bertz CT molecular complexity index is 312. The molecule has 14 heavy (non-hydrogen) atoms. The van der Waals surface area contributed by atoms with Crippen molar-refractivity contribution in [2.24, 2.45) is 5.73 Å². The molecule has 0 saturated carbocycles. The second-order valence-corrected chi connectivity index (χ2v) is 3.72. The Hall–Kier alpha value is -0.930. The molecule has 0 aliphatic carbocycles. The van der Waals surface area contributed by atoms with Gasteiger partial charge in [-0.1, -0.05) is 26.0 Å². The maximum absolute atomic E-state index is 13.3. The smallest absolute Gasteiger partial charge is 0.128 e. The van der Waals surface area contributed by atoms with E-state index in [4.69, 9.17) is 10.8 Å². The van der Waals surface area contributed by atoms with Gasteiger partial charge in [-0.2, -0.15) is 0 Å². The van der Waals surface area contributed by atoms with E-state index in [2.05, 4.69) is 0 Å². The summed E-state index contributed by atoms with van der Waals surface area (Å²) in [4.78, 5) is 0. The Kier molecular flexibility index (Phi) is 3.61. The number of aliphatic hydroxyl groups is 1. The normalized spacial score (nSPS) is 13.3. The summed E-state index contributed by atoms with van der Waals surface area (Å²) in [7, 11) is 0. The van der Waals surface area contributed by atoms with Crippen molar-refractivity contribution in [3.05, 3.63) is 35.1 Å². The van der Waals surface area contributed by atoms with Gasteiger partial charge in [-0.05, 0) is 17.5 Å². The van der Waals surface area contributed by atoms with Crippen LogP contribution in [-0.4, -0.2) is 11.7 Å². The first-order valence-corrected chi connectivity index (χ1v) is 4.72. The van der Waals surface area contributed by atoms with Crippen molar-refractivity contribution in [1.29, 1.82) is 0 Å². The van der Waals surface area contributed by atoms with Crippen molar-refractivity contribution in [2.45, 2.75) is 25.8 Å². The molecule has 1 aromatic carbocycles. The lowest BCUT2D eigenvalue weighted by Crippen LogP contribution is -2.16. The van der Waals surface area contributed by atoms with Gasteiger partial charge in [0.2, 0.25) is 0 Å². The predicted octanol–water partition coefficient (Wildman–Crippen LogP) is 1.94. The van der Waals surface area contributed by atoms with Crippen molar-refractivity contribution < 1.29 is 9.50 Å². The van der Waals surface area contributed by atoms with Gasteiger partial charge in [0.15, 0.2) is 0 Å². The summed E-state index contributed by atoms with van der Waals surface area (Å²) in [6, 6.07) is 4.24. The number of hydrogen-bond acceptors (Lipinski definition) is 2. The maximum atomic E-state index is 13.3. The Morgan fingerprint density at radius 3 is 2.57 bits per heavy atom. The molecule has 1 rings (SSSR count). The van der Waals surface area contributed by atoms with Gasteiger partial charge in [0, 0.05) is 5.56 Å². The van der Waals surface area contributed by atoms with Gasteiger partial charge in [-0.25, -0.2) is 4.39 Å². The number of hydrogen-bond donors (Lipinski definition) is 2. The Morgan fingerprint density at radius 2 is 2.07 bits per heavy atom. The zero-order chi connectivity index (χ0) is 10.7. The van der Waals surface area contributed by atoms with Crippen LogP contribution in [0, 0.1) is 5.82 Å².